The highest BCUT2D eigenvalue weighted by molar-refractivity contribution is 9.10. The number of hydrogen-bond acceptors (Lipinski definition) is 5. The molecule has 0 unspecified atom stereocenters. The zero-order valence-electron chi connectivity index (χ0n) is 20.1. The molecule has 11 heteroatoms. The first-order chi connectivity index (χ1) is 18.0. The quantitative estimate of drug-likeness (QED) is 0.259. The topological polar surface area (TPSA) is 105 Å². The molecular formula is C27H20BrCl2N3O5. The third-order valence-electron chi connectivity index (χ3n) is 5.55. The molecule has 0 radical (unpaired) electrons. The normalized spacial score (nSPS) is 14.5. The van der Waals surface area contributed by atoms with Crippen LogP contribution < -0.4 is 20.3 Å². The summed E-state index contributed by atoms with van der Waals surface area (Å²) in [6.45, 7) is 3.53. The molecule has 5 amide bonds. The second kappa shape index (κ2) is 11.4. The average molecular weight is 617 g/mol. The van der Waals surface area contributed by atoms with Crippen LogP contribution in [0.3, 0.4) is 0 Å². The number of rotatable bonds is 6. The third kappa shape index (κ3) is 6.07. The smallest absolute Gasteiger partial charge is 0.335 e. The second-order valence-electron chi connectivity index (χ2n) is 8.39. The summed E-state index contributed by atoms with van der Waals surface area (Å²) in [5, 5.41) is 5.32. The number of amides is 5. The monoisotopic (exact) mass is 615 g/mol. The third-order valence-corrected chi connectivity index (χ3v) is 6.78. The highest BCUT2D eigenvalue weighted by atomic mass is 79.9. The number of hydrogen-bond donors (Lipinski definition) is 2. The van der Waals surface area contributed by atoms with Gasteiger partial charge in [0.2, 0.25) is 0 Å². The summed E-state index contributed by atoms with van der Waals surface area (Å²) in [7, 11) is 0. The molecule has 38 heavy (non-hydrogen) atoms. The van der Waals surface area contributed by atoms with Crippen molar-refractivity contribution in [1.29, 1.82) is 0 Å². The highest BCUT2D eigenvalue weighted by Crippen LogP contribution is 2.31. The number of aryl methyl sites for hydroxylation is 2. The van der Waals surface area contributed by atoms with Gasteiger partial charge in [-0.3, -0.25) is 19.7 Å². The van der Waals surface area contributed by atoms with E-state index >= 15 is 0 Å². The number of urea groups is 1. The SMILES string of the molecule is Cc1ccc(NC(=O)COc2ccc(Br)cc2/C=C2/C(=O)NC(=O)N(c3ccc(Cl)c(Cl)c3)C2=O)c(C)c1. The molecule has 2 N–H and O–H groups in total. The molecule has 0 aromatic heterocycles. The lowest BCUT2D eigenvalue weighted by atomic mass is 10.1. The van der Waals surface area contributed by atoms with Crippen LogP contribution in [0.1, 0.15) is 16.7 Å². The van der Waals surface area contributed by atoms with Crippen molar-refractivity contribution >= 4 is 80.3 Å². The maximum Gasteiger partial charge on any atom is 0.335 e. The molecular weight excluding hydrogens is 597 g/mol. The van der Waals surface area contributed by atoms with Crippen molar-refractivity contribution in [2.24, 2.45) is 0 Å². The Balaban J connectivity index is 1.59. The molecule has 0 spiro atoms. The van der Waals surface area contributed by atoms with E-state index in [0.29, 0.717) is 15.7 Å². The molecule has 1 aliphatic rings. The summed E-state index contributed by atoms with van der Waals surface area (Å²) in [6.07, 6.45) is 1.29. The minimum Gasteiger partial charge on any atom is -0.483 e. The molecule has 0 saturated carbocycles. The fraction of sp³-hybridized carbons (Fsp3) is 0.111. The van der Waals surface area contributed by atoms with E-state index in [9.17, 15) is 19.2 Å². The molecule has 3 aromatic carbocycles. The molecule has 1 fully saturated rings. The van der Waals surface area contributed by atoms with Gasteiger partial charge in [-0.15, -0.1) is 0 Å². The van der Waals surface area contributed by atoms with E-state index in [1.807, 2.05) is 32.0 Å². The van der Waals surface area contributed by atoms with Crippen LogP contribution in [0.15, 0.2) is 64.6 Å². The average Bonchev–Trinajstić information content (AvgIpc) is 2.85. The molecule has 1 heterocycles. The van der Waals surface area contributed by atoms with Crippen LogP contribution in [0.4, 0.5) is 16.2 Å². The molecule has 1 saturated heterocycles. The fourth-order valence-electron chi connectivity index (χ4n) is 3.72. The number of carbonyl (C=O) groups is 4. The Labute approximate surface area is 236 Å². The summed E-state index contributed by atoms with van der Waals surface area (Å²) in [4.78, 5) is 51.7. The number of nitrogens with zero attached hydrogens (tertiary/aromatic N) is 1. The van der Waals surface area contributed by atoms with E-state index in [4.69, 9.17) is 27.9 Å². The van der Waals surface area contributed by atoms with Crippen molar-refractivity contribution in [3.05, 3.63) is 91.4 Å². The van der Waals surface area contributed by atoms with E-state index in [1.54, 1.807) is 18.2 Å². The van der Waals surface area contributed by atoms with Crippen LogP contribution in [0.5, 0.6) is 5.75 Å². The van der Waals surface area contributed by atoms with Gasteiger partial charge in [-0.05, 0) is 68.0 Å². The summed E-state index contributed by atoms with van der Waals surface area (Å²) >= 11 is 15.4. The van der Waals surface area contributed by atoms with Gasteiger partial charge in [0.05, 0.1) is 15.7 Å². The van der Waals surface area contributed by atoms with Crippen LogP contribution >= 0.6 is 39.1 Å². The van der Waals surface area contributed by atoms with E-state index in [1.165, 1.54) is 24.3 Å². The predicted octanol–water partition coefficient (Wildman–Crippen LogP) is 6.06. The first kappa shape index (κ1) is 27.4. The molecule has 194 valence electrons. The van der Waals surface area contributed by atoms with E-state index in [2.05, 4.69) is 26.6 Å². The van der Waals surface area contributed by atoms with Gasteiger partial charge in [0, 0.05) is 15.7 Å². The molecule has 1 aliphatic heterocycles. The number of nitrogens with one attached hydrogen (secondary N) is 2. The number of carbonyl (C=O) groups excluding carboxylic acids is 4. The first-order valence-corrected chi connectivity index (χ1v) is 12.7. The zero-order valence-corrected chi connectivity index (χ0v) is 23.2. The van der Waals surface area contributed by atoms with Gasteiger partial charge in [0.1, 0.15) is 11.3 Å². The van der Waals surface area contributed by atoms with E-state index in [0.717, 1.165) is 16.0 Å². The van der Waals surface area contributed by atoms with Gasteiger partial charge in [-0.2, -0.15) is 0 Å². The summed E-state index contributed by atoms with van der Waals surface area (Å²) in [5.74, 6) is -1.89. The Morgan fingerprint density at radius 1 is 1.03 bits per heavy atom. The lowest BCUT2D eigenvalue weighted by molar-refractivity contribution is -0.122. The number of benzene rings is 3. The van der Waals surface area contributed by atoms with E-state index in [-0.39, 0.29) is 39.6 Å². The first-order valence-electron chi connectivity index (χ1n) is 11.2. The lowest BCUT2D eigenvalue weighted by Crippen LogP contribution is -2.54. The van der Waals surface area contributed by atoms with Gasteiger partial charge in [0.15, 0.2) is 6.61 Å². The Hall–Kier alpha value is -3.66. The van der Waals surface area contributed by atoms with Crippen molar-refractivity contribution in [2.75, 3.05) is 16.8 Å². The predicted molar refractivity (Wildman–Crippen MR) is 150 cm³/mol. The van der Waals surface area contributed by atoms with Crippen molar-refractivity contribution in [3.63, 3.8) is 0 Å². The zero-order chi connectivity index (χ0) is 27.6. The minimum atomic E-state index is -0.927. The van der Waals surface area contributed by atoms with Gasteiger partial charge < -0.3 is 10.1 Å². The number of anilines is 2. The maximum atomic E-state index is 13.3. The highest BCUT2D eigenvalue weighted by Gasteiger charge is 2.37. The molecule has 0 bridgehead atoms. The Morgan fingerprint density at radius 2 is 1.79 bits per heavy atom. The van der Waals surface area contributed by atoms with Gasteiger partial charge in [0.25, 0.3) is 17.7 Å². The Kier molecular flexibility index (Phi) is 8.20. The molecule has 0 atom stereocenters. The van der Waals surface area contributed by atoms with Gasteiger partial charge >= 0.3 is 6.03 Å². The minimum absolute atomic E-state index is 0.133. The molecule has 0 aliphatic carbocycles. The standard InChI is InChI=1S/C27H20BrCl2N3O5/c1-14-3-7-22(15(2)9-14)31-24(34)13-38-23-8-4-17(28)10-16(23)11-19-25(35)32-27(37)33(26(19)36)18-5-6-20(29)21(30)12-18/h3-12H,13H2,1-2H3,(H,31,34)(H,32,35,37)/b19-11-. The van der Waals surface area contributed by atoms with Crippen molar-refractivity contribution in [3.8, 4) is 5.75 Å². The second-order valence-corrected chi connectivity index (χ2v) is 10.1. The van der Waals surface area contributed by atoms with Gasteiger partial charge in [-0.25, -0.2) is 9.69 Å². The number of halogens is 3. The largest absolute Gasteiger partial charge is 0.483 e. The molecule has 3 aromatic rings. The number of ether oxygens (including phenoxy) is 1. The summed E-state index contributed by atoms with van der Waals surface area (Å²) in [5.41, 5.74) is 2.80. The van der Waals surface area contributed by atoms with Gasteiger partial charge in [-0.1, -0.05) is 56.8 Å². The van der Waals surface area contributed by atoms with Crippen molar-refractivity contribution in [1.82, 2.24) is 5.32 Å². The van der Waals surface area contributed by atoms with Crippen LogP contribution in [0.2, 0.25) is 10.0 Å². The Bertz CT molecular complexity index is 1520. The van der Waals surface area contributed by atoms with Crippen LogP contribution in [-0.4, -0.2) is 30.4 Å². The summed E-state index contributed by atoms with van der Waals surface area (Å²) < 4.78 is 6.37. The fourth-order valence-corrected chi connectivity index (χ4v) is 4.39. The van der Waals surface area contributed by atoms with Crippen LogP contribution in [0, 0.1) is 13.8 Å². The number of barbiturate groups is 1. The Morgan fingerprint density at radius 3 is 2.50 bits per heavy atom. The van der Waals surface area contributed by atoms with Crippen LogP contribution in [-0.2, 0) is 14.4 Å². The summed E-state index contributed by atoms with van der Waals surface area (Å²) in [6, 6.07) is 13.8. The lowest BCUT2D eigenvalue weighted by Gasteiger charge is -2.26. The maximum absolute atomic E-state index is 13.3. The van der Waals surface area contributed by atoms with E-state index < -0.39 is 17.8 Å². The van der Waals surface area contributed by atoms with Crippen molar-refractivity contribution < 1.29 is 23.9 Å². The molecule has 8 nitrogen and oxygen atoms in total. The molecule has 4 rings (SSSR count). The van der Waals surface area contributed by atoms with Crippen LogP contribution in [0.25, 0.3) is 6.08 Å². The van der Waals surface area contributed by atoms with Crippen molar-refractivity contribution in [2.45, 2.75) is 13.8 Å². The number of imide groups is 2.